The van der Waals surface area contributed by atoms with Crippen LogP contribution in [0.4, 0.5) is 0 Å². The SMILES string of the molecule is O=C(O)c1ccccc1CC1CCCCC1. The van der Waals surface area contributed by atoms with Crippen molar-refractivity contribution in [3.05, 3.63) is 35.4 Å². The highest BCUT2D eigenvalue weighted by molar-refractivity contribution is 5.89. The second kappa shape index (κ2) is 5.15. The van der Waals surface area contributed by atoms with Crippen LogP contribution in [0.2, 0.25) is 0 Å². The molecule has 0 atom stereocenters. The molecule has 16 heavy (non-hydrogen) atoms. The third-order valence-corrected chi connectivity index (χ3v) is 3.48. The first-order valence-electron chi connectivity index (χ1n) is 6.08. The molecule has 2 nitrogen and oxygen atoms in total. The van der Waals surface area contributed by atoms with Crippen LogP contribution in [-0.2, 0) is 6.42 Å². The molecule has 86 valence electrons. The Morgan fingerprint density at radius 2 is 1.88 bits per heavy atom. The van der Waals surface area contributed by atoms with E-state index in [1.54, 1.807) is 12.1 Å². The van der Waals surface area contributed by atoms with Crippen LogP contribution in [0.15, 0.2) is 24.3 Å². The maximum absolute atomic E-state index is 11.1. The summed E-state index contributed by atoms with van der Waals surface area (Å²) in [6.07, 6.45) is 7.40. The van der Waals surface area contributed by atoms with E-state index in [1.165, 1.54) is 32.1 Å². The molecule has 0 heterocycles. The molecule has 1 fully saturated rings. The number of hydrogen-bond donors (Lipinski definition) is 1. The highest BCUT2D eigenvalue weighted by Crippen LogP contribution is 2.27. The third-order valence-electron chi connectivity index (χ3n) is 3.48. The second-order valence-electron chi connectivity index (χ2n) is 4.67. The average molecular weight is 218 g/mol. The summed E-state index contributed by atoms with van der Waals surface area (Å²) in [6, 6.07) is 7.40. The van der Waals surface area contributed by atoms with E-state index in [2.05, 4.69) is 0 Å². The van der Waals surface area contributed by atoms with Crippen LogP contribution in [0.3, 0.4) is 0 Å². The van der Waals surface area contributed by atoms with Gasteiger partial charge in [-0.1, -0.05) is 50.3 Å². The molecule has 2 rings (SSSR count). The van der Waals surface area contributed by atoms with Gasteiger partial charge in [0.1, 0.15) is 0 Å². The zero-order valence-corrected chi connectivity index (χ0v) is 9.48. The molecule has 0 aliphatic heterocycles. The monoisotopic (exact) mass is 218 g/mol. The molecule has 2 heteroatoms. The molecule has 0 spiro atoms. The van der Waals surface area contributed by atoms with Crippen molar-refractivity contribution in [3.8, 4) is 0 Å². The van der Waals surface area contributed by atoms with Crippen LogP contribution in [0.25, 0.3) is 0 Å². The fourth-order valence-electron chi connectivity index (χ4n) is 2.61. The summed E-state index contributed by atoms with van der Waals surface area (Å²) < 4.78 is 0. The molecule has 0 radical (unpaired) electrons. The van der Waals surface area contributed by atoms with Gasteiger partial charge >= 0.3 is 5.97 Å². The molecular weight excluding hydrogens is 200 g/mol. The minimum Gasteiger partial charge on any atom is -0.478 e. The van der Waals surface area contributed by atoms with Gasteiger partial charge in [-0.05, 0) is 24.0 Å². The summed E-state index contributed by atoms with van der Waals surface area (Å²) in [5, 5.41) is 9.10. The average Bonchev–Trinajstić information content (AvgIpc) is 2.31. The first kappa shape index (κ1) is 11.2. The lowest BCUT2D eigenvalue weighted by molar-refractivity contribution is 0.0695. The number of rotatable bonds is 3. The van der Waals surface area contributed by atoms with E-state index in [1.807, 2.05) is 12.1 Å². The summed E-state index contributed by atoms with van der Waals surface area (Å²) >= 11 is 0. The Bertz CT molecular complexity index is 365. The van der Waals surface area contributed by atoms with Gasteiger partial charge in [-0.15, -0.1) is 0 Å². The molecule has 0 amide bonds. The van der Waals surface area contributed by atoms with Gasteiger partial charge < -0.3 is 5.11 Å². The lowest BCUT2D eigenvalue weighted by atomic mass is 9.84. The molecule has 1 aliphatic carbocycles. The predicted octanol–water partition coefficient (Wildman–Crippen LogP) is 3.51. The number of aromatic carboxylic acids is 1. The first-order chi connectivity index (χ1) is 7.77. The third kappa shape index (κ3) is 2.63. The topological polar surface area (TPSA) is 37.3 Å². The standard InChI is InChI=1S/C14H18O2/c15-14(16)13-9-5-4-8-12(13)10-11-6-2-1-3-7-11/h4-5,8-9,11H,1-3,6-7,10H2,(H,15,16). The van der Waals surface area contributed by atoms with Crippen molar-refractivity contribution in [3.63, 3.8) is 0 Å². The molecule has 1 N–H and O–H groups in total. The minimum absolute atomic E-state index is 0.480. The Hall–Kier alpha value is -1.31. The molecule has 1 aromatic rings. The summed E-state index contributed by atoms with van der Waals surface area (Å²) in [5.74, 6) is -0.111. The number of carboxylic acid groups (broad SMARTS) is 1. The Morgan fingerprint density at radius 3 is 2.56 bits per heavy atom. The zero-order chi connectivity index (χ0) is 11.4. The van der Waals surface area contributed by atoms with E-state index in [9.17, 15) is 4.79 Å². The highest BCUT2D eigenvalue weighted by Gasteiger charge is 2.17. The van der Waals surface area contributed by atoms with Gasteiger partial charge in [0.2, 0.25) is 0 Å². The number of carboxylic acids is 1. The molecule has 0 unspecified atom stereocenters. The Kier molecular flexibility index (Phi) is 3.60. The van der Waals surface area contributed by atoms with E-state index in [-0.39, 0.29) is 0 Å². The highest BCUT2D eigenvalue weighted by atomic mass is 16.4. The zero-order valence-electron chi connectivity index (χ0n) is 9.48. The normalized spacial score (nSPS) is 17.2. The van der Waals surface area contributed by atoms with E-state index >= 15 is 0 Å². The van der Waals surface area contributed by atoms with Gasteiger partial charge in [-0.25, -0.2) is 4.79 Å². The van der Waals surface area contributed by atoms with Crippen molar-refractivity contribution in [2.45, 2.75) is 38.5 Å². The molecular formula is C14H18O2. The predicted molar refractivity (Wildman–Crippen MR) is 63.7 cm³/mol. The fourth-order valence-corrected chi connectivity index (χ4v) is 2.61. The van der Waals surface area contributed by atoms with Crippen LogP contribution in [-0.4, -0.2) is 11.1 Å². The molecule has 0 bridgehead atoms. The minimum atomic E-state index is -0.800. The van der Waals surface area contributed by atoms with E-state index in [0.29, 0.717) is 11.5 Å². The fraction of sp³-hybridized carbons (Fsp3) is 0.500. The van der Waals surface area contributed by atoms with Crippen molar-refractivity contribution in [2.24, 2.45) is 5.92 Å². The summed E-state index contributed by atoms with van der Waals surface area (Å²) in [7, 11) is 0. The molecule has 1 aromatic carbocycles. The Balaban J connectivity index is 2.10. The Morgan fingerprint density at radius 1 is 1.19 bits per heavy atom. The molecule has 0 saturated heterocycles. The summed E-state index contributed by atoms with van der Waals surface area (Å²) in [6.45, 7) is 0. The van der Waals surface area contributed by atoms with Crippen LogP contribution in [0.1, 0.15) is 48.0 Å². The number of hydrogen-bond acceptors (Lipinski definition) is 1. The maximum Gasteiger partial charge on any atom is 0.335 e. The van der Waals surface area contributed by atoms with Gasteiger partial charge in [-0.2, -0.15) is 0 Å². The Labute approximate surface area is 96.3 Å². The van der Waals surface area contributed by atoms with Crippen molar-refractivity contribution < 1.29 is 9.90 Å². The molecule has 0 aromatic heterocycles. The second-order valence-corrected chi connectivity index (χ2v) is 4.67. The summed E-state index contributed by atoms with van der Waals surface area (Å²) in [5.41, 5.74) is 1.48. The van der Waals surface area contributed by atoms with Crippen molar-refractivity contribution >= 4 is 5.97 Å². The molecule has 1 aliphatic rings. The van der Waals surface area contributed by atoms with Gasteiger partial charge in [0, 0.05) is 0 Å². The smallest absolute Gasteiger partial charge is 0.335 e. The first-order valence-corrected chi connectivity index (χ1v) is 6.08. The summed E-state index contributed by atoms with van der Waals surface area (Å²) in [4.78, 5) is 11.1. The van der Waals surface area contributed by atoms with E-state index < -0.39 is 5.97 Å². The molecule has 1 saturated carbocycles. The lowest BCUT2D eigenvalue weighted by Gasteiger charge is -2.22. The van der Waals surface area contributed by atoms with Gasteiger partial charge in [0.15, 0.2) is 0 Å². The van der Waals surface area contributed by atoms with Crippen LogP contribution >= 0.6 is 0 Å². The van der Waals surface area contributed by atoms with Gasteiger partial charge in [-0.3, -0.25) is 0 Å². The van der Waals surface area contributed by atoms with Crippen molar-refractivity contribution in [1.29, 1.82) is 0 Å². The van der Waals surface area contributed by atoms with Gasteiger partial charge in [0.05, 0.1) is 5.56 Å². The van der Waals surface area contributed by atoms with E-state index in [4.69, 9.17) is 5.11 Å². The van der Waals surface area contributed by atoms with Gasteiger partial charge in [0.25, 0.3) is 0 Å². The largest absolute Gasteiger partial charge is 0.478 e. The number of carbonyl (C=O) groups is 1. The van der Waals surface area contributed by atoms with Crippen LogP contribution in [0, 0.1) is 5.92 Å². The number of benzene rings is 1. The maximum atomic E-state index is 11.1. The van der Waals surface area contributed by atoms with E-state index in [0.717, 1.165) is 12.0 Å². The quantitative estimate of drug-likeness (QED) is 0.843. The van der Waals surface area contributed by atoms with Crippen LogP contribution < -0.4 is 0 Å². The van der Waals surface area contributed by atoms with Crippen LogP contribution in [0.5, 0.6) is 0 Å². The van der Waals surface area contributed by atoms with Crippen molar-refractivity contribution in [2.75, 3.05) is 0 Å². The van der Waals surface area contributed by atoms with Crippen molar-refractivity contribution in [1.82, 2.24) is 0 Å². The lowest BCUT2D eigenvalue weighted by Crippen LogP contribution is -2.12.